The lowest BCUT2D eigenvalue weighted by Gasteiger charge is -2.38. The Morgan fingerprint density at radius 3 is 2.38 bits per heavy atom. The van der Waals surface area contributed by atoms with Gasteiger partial charge < -0.3 is 4.74 Å². The van der Waals surface area contributed by atoms with Crippen LogP contribution in [-0.4, -0.2) is 12.1 Å². The monoisotopic (exact) mass is 224 g/mol. The van der Waals surface area contributed by atoms with E-state index in [-0.39, 0.29) is 12.1 Å². The Bertz CT molecular complexity index is 247. The van der Waals surface area contributed by atoms with E-state index in [2.05, 4.69) is 27.4 Å². The standard InChI is InChI=1S/C14H24O2/c1-5-13(15)16-12-9-7-11(8-10-12)14(3,4)6-2/h5,11-12H,1,6-10H2,2-4H3. The molecule has 1 aliphatic rings. The first-order valence-electron chi connectivity index (χ1n) is 6.32. The van der Waals surface area contributed by atoms with Gasteiger partial charge in [-0.15, -0.1) is 0 Å². The highest BCUT2D eigenvalue weighted by atomic mass is 16.5. The second kappa shape index (κ2) is 5.51. The third kappa shape index (κ3) is 3.36. The molecule has 0 spiro atoms. The van der Waals surface area contributed by atoms with Crippen molar-refractivity contribution in [3.8, 4) is 0 Å². The number of esters is 1. The molecule has 0 aromatic rings. The van der Waals surface area contributed by atoms with Crippen molar-refractivity contribution in [3.05, 3.63) is 12.7 Å². The lowest BCUT2D eigenvalue weighted by Crippen LogP contribution is -2.31. The molecule has 0 amide bonds. The fraction of sp³-hybridized carbons (Fsp3) is 0.786. The minimum atomic E-state index is -0.279. The summed E-state index contributed by atoms with van der Waals surface area (Å²) in [5.74, 6) is 0.495. The van der Waals surface area contributed by atoms with Gasteiger partial charge in [-0.1, -0.05) is 33.8 Å². The summed E-state index contributed by atoms with van der Waals surface area (Å²) in [5, 5.41) is 0. The van der Waals surface area contributed by atoms with E-state index in [1.54, 1.807) is 0 Å². The molecule has 16 heavy (non-hydrogen) atoms. The Balaban J connectivity index is 2.39. The first kappa shape index (κ1) is 13.3. The summed E-state index contributed by atoms with van der Waals surface area (Å²) >= 11 is 0. The molecular weight excluding hydrogens is 200 g/mol. The van der Waals surface area contributed by atoms with E-state index in [4.69, 9.17) is 4.74 Å². The third-order valence-corrected chi connectivity index (χ3v) is 4.14. The van der Waals surface area contributed by atoms with Gasteiger partial charge in [-0.05, 0) is 37.0 Å². The van der Waals surface area contributed by atoms with Gasteiger partial charge in [0.2, 0.25) is 0 Å². The first-order valence-corrected chi connectivity index (χ1v) is 6.32. The van der Waals surface area contributed by atoms with Crippen LogP contribution in [0.4, 0.5) is 0 Å². The molecule has 0 saturated heterocycles. The van der Waals surface area contributed by atoms with E-state index < -0.39 is 0 Å². The van der Waals surface area contributed by atoms with Crippen LogP contribution in [0.1, 0.15) is 52.9 Å². The molecule has 2 nitrogen and oxygen atoms in total. The molecule has 0 N–H and O–H groups in total. The van der Waals surface area contributed by atoms with Crippen LogP contribution in [0.5, 0.6) is 0 Å². The van der Waals surface area contributed by atoms with Crippen LogP contribution in [0.25, 0.3) is 0 Å². The smallest absolute Gasteiger partial charge is 0.330 e. The Morgan fingerprint density at radius 2 is 1.94 bits per heavy atom. The van der Waals surface area contributed by atoms with Gasteiger partial charge in [0.15, 0.2) is 0 Å². The highest BCUT2D eigenvalue weighted by molar-refractivity contribution is 5.81. The van der Waals surface area contributed by atoms with Gasteiger partial charge in [-0.3, -0.25) is 0 Å². The fourth-order valence-electron chi connectivity index (χ4n) is 2.46. The van der Waals surface area contributed by atoms with Crippen LogP contribution in [0.15, 0.2) is 12.7 Å². The largest absolute Gasteiger partial charge is 0.459 e. The summed E-state index contributed by atoms with van der Waals surface area (Å²) in [5.41, 5.74) is 0.424. The molecule has 1 saturated carbocycles. The molecule has 0 radical (unpaired) electrons. The fourth-order valence-corrected chi connectivity index (χ4v) is 2.46. The van der Waals surface area contributed by atoms with E-state index in [9.17, 15) is 4.79 Å². The van der Waals surface area contributed by atoms with Gasteiger partial charge >= 0.3 is 5.97 Å². The van der Waals surface area contributed by atoms with Crippen molar-refractivity contribution in [2.24, 2.45) is 11.3 Å². The van der Waals surface area contributed by atoms with Crippen LogP contribution < -0.4 is 0 Å². The Hall–Kier alpha value is -0.790. The maximum atomic E-state index is 11.1. The summed E-state index contributed by atoms with van der Waals surface area (Å²) in [6.07, 6.45) is 6.96. The summed E-state index contributed by atoms with van der Waals surface area (Å²) in [6, 6.07) is 0. The van der Waals surface area contributed by atoms with Crippen molar-refractivity contribution in [1.29, 1.82) is 0 Å². The number of hydrogen-bond acceptors (Lipinski definition) is 2. The number of carbonyl (C=O) groups is 1. The lowest BCUT2D eigenvalue weighted by atomic mass is 9.69. The number of rotatable bonds is 4. The molecule has 2 heteroatoms. The molecule has 1 fully saturated rings. The van der Waals surface area contributed by atoms with E-state index in [1.165, 1.54) is 25.3 Å². The molecule has 92 valence electrons. The van der Waals surface area contributed by atoms with Gasteiger partial charge in [-0.25, -0.2) is 4.79 Å². The molecule has 0 bridgehead atoms. The van der Waals surface area contributed by atoms with Crippen molar-refractivity contribution in [2.45, 2.75) is 59.0 Å². The Kier molecular flexibility index (Phi) is 4.57. The van der Waals surface area contributed by atoms with Crippen molar-refractivity contribution in [1.82, 2.24) is 0 Å². The summed E-state index contributed by atoms with van der Waals surface area (Å²) in [4.78, 5) is 11.1. The van der Waals surface area contributed by atoms with E-state index in [0.29, 0.717) is 5.41 Å². The van der Waals surface area contributed by atoms with Crippen molar-refractivity contribution < 1.29 is 9.53 Å². The topological polar surface area (TPSA) is 26.3 Å². The molecule has 0 atom stereocenters. The zero-order valence-corrected chi connectivity index (χ0v) is 10.8. The van der Waals surface area contributed by atoms with Crippen LogP contribution in [0.3, 0.4) is 0 Å². The van der Waals surface area contributed by atoms with Crippen LogP contribution in [0, 0.1) is 11.3 Å². The van der Waals surface area contributed by atoms with Crippen molar-refractivity contribution in [2.75, 3.05) is 0 Å². The zero-order valence-electron chi connectivity index (χ0n) is 10.8. The Labute approximate surface area is 99.1 Å². The first-order chi connectivity index (χ1) is 7.49. The van der Waals surface area contributed by atoms with Crippen molar-refractivity contribution >= 4 is 5.97 Å². The zero-order chi connectivity index (χ0) is 12.2. The molecule has 1 aliphatic carbocycles. The second-order valence-corrected chi connectivity index (χ2v) is 5.46. The normalized spacial score (nSPS) is 26.2. The van der Waals surface area contributed by atoms with Gasteiger partial charge in [0.1, 0.15) is 6.10 Å². The molecule has 0 aromatic heterocycles. The van der Waals surface area contributed by atoms with Gasteiger partial charge in [-0.2, -0.15) is 0 Å². The minimum absolute atomic E-state index is 0.120. The molecule has 0 heterocycles. The number of ether oxygens (including phenoxy) is 1. The van der Waals surface area contributed by atoms with Gasteiger partial charge in [0.25, 0.3) is 0 Å². The van der Waals surface area contributed by atoms with E-state index in [0.717, 1.165) is 18.8 Å². The predicted octanol–water partition coefficient (Wildman–Crippen LogP) is 3.71. The molecule has 0 aromatic carbocycles. The third-order valence-electron chi connectivity index (χ3n) is 4.14. The number of carbonyl (C=O) groups excluding carboxylic acids is 1. The van der Waals surface area contributed by atoms with Crippen molar-refractivity contribution in [3.63, 3.8) is 0 Å². The van der Waals surface area contributed by atoms with Gasteiger partial charge in [0.05, 0.1) is 0 Å². The molecule has 1 rings (SSSR count). The minimum Gasteiger partial charge on any atom is -0.459 e. The van der Waals surface area contributed by atoms with E-state index in [1.807, 2.05) is 0 Å². The SMILES string of the molecule is C=CC(=O)OC1CCC(C(C)(C)CC)CC1. The average molecular weight is 224 g/mol. The second-order valence-electron chi connectivity index (χ2n) is 5.46. The summed E-state index contributed by atoms with van der Waals surface area (Å²) in [7, 11) is 0. The quantitative estimate of drug-likeness (QED) is 0.537. The summed E-state index contributed by atoms with van der Waals surface area (Å²) in [6.45, 7) is 10.4. The molecule has 0 aliphatic heterocycles. The maximum Gasteiger partial charge on any atom is 0.330 e. The van der Waals surface area contributed by atoms with E-state index >= 15 is 0 Å². The van der Waals surface area contributed by atoms with Crippen LogP contribution >= 0.6 is 0 Å². The maximum absolute atomic E-state index is 11.1. The highest BCUT2D eigenvalue weighted by Crippen LogP contribution is 2.40. The molecule has 0 unspecified atom stereocenters. The number of hydrogen-bond donors (Lipinski definition) is 0. The van der Waals surface area contributed by atoms with Gasteiger partial charge in [0, 0.05) is 6.08 Å². The predicted molar refractivity (Wildman–Crippen MR) is 66.1 cm³/mol. The molecular formula is C14H24O2. The Morgan fingerprint density at radius 1 is 1.38 bits per heavy atom. The summed E-state index contributed by atoms with van der Waals surface area (Å²) < 4.78 is 5.28. The highest BCUT2D eigenvalue weighted by Gasteiger charge is 2.32. The average Bonchev–Trinajstić information content (AvgIpc) is 2.29. The van der Waals surface area contributed by atoms with Crippen LogP contribution in [-0.2, 0) is 9.53 Å². The van der Waals surface area contributed by atoms with Crippen LogP contribution in [0.2, 0.25) is 0 Å². The lowest BCUT2D eigenvalue weighted by molar-refractivity contribution is -0.145.